The van der Waals surface area contributed by atoms with Crippen LogP contribution >= 0.6 is 11.8 Å². The number of hydrogen-bond acceptors (Lipinski definition) is 3. The molecule has 0 atom stereocenters. The molecule has 20 heavy (non-hydrogen) atoms. The van der Waals surface area contributed by atoms with Crippen LogP contribution in [0.2, 0.25) is 0 Å². The number of nitrogens with two attached hydrogens (primary N) is 1. The van der Waals surface area contributed by atoms with Crippen LogP contribution in [0, 0.1) is 6.92 Å². The molecular weight excluding hydrogens is 268 g/mol. The number of hydrogen-bond donors (Lipinski definition) is 2. The summed E-state index contributed by atoms with van der Waals surface area (Å²) in [5, 5.41) is 2.85. The lowest BCUT2D eigenvalue weighted by Crippen LogP contribution is -2.14. The fourth-order valence-electron chi connectivity index (χ4n) is 1.79. The van der Waals surface area contributed by atoms with Crippen molar-refractivity contribution in [3.8, 4) is 0 Å². The summed E-state index contributed by atoms with van der Waals surface area (Å²) in [5.41, 5.74) is 9.61. The lowest BCUT2D eigenvalue weighted by molar-refractivity contribution is -0.113. The number of carbonyl (C=O) groups is 1. The highest BCUT2D eigenvalue weighted by molar-refractivity contribution is 7.99. The van der Waals surface area contributed by atoms with Gasteiger partial charge in [-0.05, 0) is 42.3 Å². The van der Waals surface area contributed by atoms with Gasteiger partial charge in [0.25, 0.3) is 0 Å². The van der Waals surface area contributed by atoms with E-state index in [-0.39, 0.29) is 5.91 Å². The quantitative estimate of drug-likeness (QED) is 0.828. The maximum absolute atomic E-state index is 11.8. The monoisotopic (exact) mass is 286 g/mol. The molecule has 1 amide bonds. The highest BCUT2D eigenvalue weighted by atomic mass is 32.2. The van der Waals surface area contributed by atoms with E-state index in [1.165, 1.54) is 11.1 Å². The molecular formula is C16H18N2OS. The summed E-state index contributed by atoms with van der Waals surface area (Å²) in [6.07, 6.45) is 0. The van der Waals surface area contributed by atoms with Gasteiger partial charge in [0.05, 0.1) is 5.75 Å². The first-order chi connectivity index (χ1) is 9.65. The van der Waals surface area contributed by atoms with Gasteiger partial charge in [-0.1, -0.05) is 24.3 Å². The van der Waals surface area contributed by atoms with Gasteiger partial charge in [0.2, 0.25) is 5.91 Å². The van der Waals surface area contributed by atoms with Crippen molar-refractivity contribution in [2.45, 2.75) is 12.7 Å². The zero-order valence-corrected chi connectivity index (χ0v) is 12.2. The van der Waals surface area contributed by atoms with E-state index in [0.29, 0.717) is 11.4 Å². The van der Waals surface area contributed by atoms with Crippen LogP contribution in [0.15, 0.2) is 48.5 Å². The van der Waals surface area contributed by atoms with Gasteiger partial charge < -0.3 is 11.1 Å². The van der Waals surface area contributed by atoms with Crippen molar-refractivity contribution in [1.29, 1.82) is 0 Å². The number of anilines is 2. The van der Waals surface area contributed by atoms with Crippen molar-refractivity contribution in [3.05, 3.63) is 59.7 Å². The number of thioether (sulfide) groups is 1. The first kappa shape index (κ1) is 14.5. The van der Waals surface area contributed by atoms with Crippen molar-refractivity contribution in [2.75, 3.05) is 16.8 Å². The van der Waals surface area contributed by atoms with Crippen LogP contribution in [0.25, 0.3) is 0 Å². The van der Waals surface area contributed by atoms with E-state index >= 15 is 0 Å². The molecule has 4 heteroatoms. The van der Waals surface area contributed by atoms with Crippen LogP contribution in [0.4, 0.5) is 11.4 Å². The minimum Gasteiger partial charge on any atom is -0.399 e. The maximum atomic E-state index is 11.8. The number of carbonyl (C=O) groups excluding carboxylic acids is 1. The molecule has 104 valence electrons. The van der Waals surface area contributed by atoms with Crippen molar-refractivity contribution < 1.29 is 4.79 Å². The highest BCUT2D eigenvalue weighted by Crippen LogP contribution is 2.16. The normalized spacial score (nSPS) is 10.2. The number of nitrogens with one attached hydrogen (secondary N) is 1. The zero-order chi connectivity index (χ0) is 14.4. The molecule has 0 aromatic heterocycles. The van der Waals surface area contributed by atoms with Crippen molar-refractivity contribution in [2.24, 2.45) is 0 Å². The average molecular weight is 286 g/mol. The first-order valence-electron chi connectivity index (χ1n) is 6.43. The summed E-state index contributed by atoms with van der Waals surface area (Å²) in [6, 6.07) is 15.4. The molecule has 0 bridgehead atoms. The Morgan fingerprint density at radius 2 is 1.85 bits per heavy atom. The van der Waals surface area contributed by atoms with Gasteiger partial charge in [-0.2, -0.15) is 0 Å². The fraction of sp³-hybridized carbons (Fsp3) is 0.188. The second-order valence-corrected chi connectivity index (χ2v) is 5.58. The Morgan fingerprint density at radius 1 is 1.15 bits per heavy atom. The third kappa shape index (κ3) is 4.31. The highest BCUT2D eigenvalue weighted by Gasteiger charge is 2.04. The molecule has 2 aromatic carbocycles. The van der Waals surface area contributed by atoms with Gasteiger partial charge in [0.15, 0.2) is 0 Å². The Labute approximate surface area is 123 Å². The third-order valence-corrected chi connectivity index (χ3v) is 3.93. The van der Waals surface area contributed by atoms with E-state index in [2.05, 4.69) is 24.4 Å². The molecule has 0 aliphatic heterocycles. The van der Waals surface area contributed by atoms with E-state index in [4.69, 9.17) is 5.73 Å². The van der Waals surface area contributed by atoms with Crippen molar-refractivity contribution in [3.63, 3.8) is 0 Å². The molecule has 0 aliphatic carbocycles. The van der Waals surface area contributed by atoms with Crippen LogP contribution in [0.3, 0.4) is 0 Å². The molecule has 2 rings (SSSR count). The molecule has 0 spiro atoms. The molecule has 3 N–H and O–H groups in total. The lowest BCUT2D eigenvalue weighted by Gasteiger charge is -2.07. The van der Waals surface area contributed by atoms with E-state index in [1.807, 2.05) is 12.1 Å². The van der Waals surface area contributed by atoms with Crippen LogP contribution < -0.4 is 11.1 Å². The van der Waals surface area contributed by atoms with Crippen molar-refractivity contribution in [1.82, 2.24) is 0 Å². The third-order valence-electron chi connectivity index (χ3n) is 2.95. The topological polar surface area (TPSA) is 55.1 Å². The average Bonchev–Trinajstić information content (AvgIpc) is 2.43. The first-order valence-corrected chi connectivity index (χ1v) is 7.58. The summed E-state index contributed by atoms with van der Waals surface area (Å²) in [7, 11) is 0. The van der Waals surface area contributed by atoms with Crippen LogP contribution in [0.1, 0.15) is 11.1 Å². The summed E-state index contributed by atoms with van der Waals surface area (Å²) < 4.78 is 0. The van der Waals surface area contributed by atoms with Gasteiger partial charge in [-0.15, -0.1) is 11.8 Å². The number of benzene rings is 2. The minimum atomic E-state index is 0.00774. The fourth-order valence-corrected chi connectivity index (χ4v) is 2.69. The molecule has 0 saturated heterocycles. The standard InChI is InChI=1S/C16H18N2OS/c1-12-4-2-3-5-13(12)10-20-11-16(19)18-15-8-6-14(17)7-9-15/h2-9H,10-11,17H2,1H3,(H,18,19). The van der Waals surface area contributed by atoms with E-state index < -0.39 is 0 Å². The molecule has 0 saturated carbocycles. The smallest absolute Gasteiger partial charge is 0.234 e. The van der Waals surface area contributed by atoms with Gasteiger partial charge in [-0.3, -0.25) is 4.79 Å². The Balaban J connectivity index is 1.78. The molecule has 0 heterocycles. The predicted molar refractivity (Wildman–Crippen MR) is 86.8 cm³/mol. The summed E-state index contributed by atoms with van der Waals surface area (Å²) >= 11 is 1.61. The summed E-state index contributed by atoms with van der Waals surface area (Å²) in [6.45, 7) is 2.09. The number of rotatable bonds is 5. The molecule has 0 unspecified atom stereocenters. The second kappa shape index (κ2) is 7.01. The van der Waals surface area contributed by atoms with E-state index in [9.17, 15) is 4.79 Å². The molecule has 3 nitrogen and oxygen atoms in total. The lowest BCUT2D eigenvalue weighted by atomic mass is 10.1. The predicted octanol–water partition coefficient (Wildman–Crippen LogP) is 3.45. The molecule has 0 radical (unpaired) electrons. The van der Waals surface area contributed by atoms with Gasteiger partial charge >= 0.3 is 0 Å². The van der Waals surface area contributed by atoms with Gasteiger partial charge in [0, 0.05) is 17.1 Å². The molecule has 2 aromatic rings. The zero-order valence-electron chi connectivity index (χ0n) is 11.4. The maximum Gasteiger partial charge on any atom is 0.234 e. The van der Waals surface area contributed by atoms with Crippen LogP contribution in [-0.2, 0) is 10.5 Å². The summed E-state index contributed by atoms with van der Waals surface area (Å²) in [5.74, 6) is 1.30. The number of amides is 1. The van der Waals surface area contributed by atoms with E-state index in [1.54, 1.807) is 36.0 Å². The Kier molecular flexibility index (Phi) is 5.07. The Bertz CT molecular complexity index is 581. The molecule has 0 aliphatic rings. The largest absolute Gasteiger partial charge is 0.399 e. The van der Waals surface area contributed by atoms with Crippen LogP contribution in [-0.4, -0.2) is 11.7 Å². The second-order valence-electron chi connectivity index (χ2n) is 4.59. The number of nitrogen functional groups attached to an aromatic ring is 1. The van der Waals surface area contributed by atoms with Crippen LogP contribution in [0.5, 0.6) is 0 Å². The van der Waals surface area contributed by atoms with Crippen molar-refractivity contribution >= 4 is 29.0 Å². The summed E-state index contributed by atoms with van der Waals surface area (Å²) in [4.78, 5) is 11.8. The molecule has 0 fully saturated rings. The Morgan fingerprint density at radius 3 is 2.55 bits per heavy atom. The van der Waals surface area contributed by atoms with E-state index in [0.717, 1.165) is 11.4 Å². The Hall–Kier alpha value is -1.94. The minimum absolute atomic E-state index is 0.00774. The van der Waals surface area contributed by atoms with Gasteiger partial charge in [-0.25, -0.2) is 0 Å². The van der Waals surface area contributed by atoms with Gasteiger partial charge in [0.1, 0.15) is 0 Å². The number of aryl methyl sites for hydroxylation is 1. The SMILES string of the molecule is Cc1ccccc1CSCC(=O)Nc1ccc(N)cc1.